The monoisotopic (exact) mass is 1670 g/mol. The second kappa shape index (κ2) is 29.9. The SMILES string of the molecule is CC(C)(C)OC(=O)N[C@@H]1C[C@H]2C[C@@H]1CN2.CNc1cc(F)c(C)c2c1[nH]c1nc(Oc3cnc(C)nc3)nc(N3C[C@H]4C[C@@H]3C[C@H]4N)c12.COc1ccc(CS(=O)(=O)c2nc(S(=O)(=O)Cc3ccc(OC)cc3)c3c(n2)[nH]c2c(N(C)C(=O)OC(C)(C)C)cc(F)c(C)c23)cc1.Cc1ncc(O)cn1.[2H][2H].[2H][2H].[2H][2H].[2H][2H].[2H][2H].[2H][2H].[2H][2H].[2H][2H].[2H][2H].[2H][2H].[2H][2H].[2H][2H].[2H][2H].[2H][2H].[2H][2H].[2H][2H].[2H][2H].[2H][2H].[2H][2H].[2H][2H].[2H][2H].[2H][2H].[2H][2H].[2H][2H].[2H][2H].[2H][2H].[2H][2H].[2H][2H].[2H][2H].[2H][2H].[2H][2H].[2H][2H].[2H][2H].[2H][2H].[2H][2H].[2H][2H].[2H][2H].[2H][2H].[2H][2H].[2H][2H].[2H][2H].[2H][2H].[2H][2H].[2H][2H].[2H][2H].[2H][2H].[2H][2H].[2H][2H].[2H][2H].[2H][2H]. The van der Waals surface area contributed by atoms with Crippen molar-refractivity contribution in [1.29, 1.82) is 0 Å². The maximum Gasteiger partial charge on any atom is 0.414 e. The van der Waals surface area contributed by atoms with Crippen molar-refractivity contribution in [2.45, 2.75) is 152 Å². The van der Waals surface area contributed by atoms with Gasteiger partial charge in [-0.1, -0.05) is 24.3 Å². The molecule has 14 rings (SSSR count). The Morgan fingerprint density at radius 1 is 0.702 bits per heavy atom. The molecule has 2 amide bonds. The molecule has 8 N–H and O–H groups in total. The summed E-state index contributed by atoms with van der Waals surface area (Å²) in [4.78, 5) is 68.0. The molecule has 2 aliphatic heterocycles. The number of ether oxygens (including phenoxy) is 5. The van der Waals surface area contributed by atoms with Crippen molar-refractivity contribution in [2.24, 2.45) is 17.6 Å². The van der Waals surface area contributed by atoms with Gasteiger partial charge in [0, 0.05) is 217 Å². The number of piperidine rings is 2. The molecular weight excluding hydrogens is 1380 g/mol. The highest BCUT2D eigenvalue weighted by Gasteiger charge is 2.45. The maximum absolute atomic E-state index is 15.6. The number of anilines is 3. The molecule has 0 spiro atoms. The zero-order chi connectivity index (χ0) is 175. The summed E-state index contributed by atoms with van der Waals surface area (Å²) < 4.78 is 613. The van der Waals surface area contributed by atoms with Crippen LogP contribution in [0.2, 0.25) is 0 Å². The number of nitrogens with zero attached hydrogens (tertiary/aromatic N) is 10. The number of aromatic hydroxyl groups is 1. The summed E-state index contributed by atoms with van der Waals surface area (Å²) in [6.07, 6.45) is 9.02. The van der Waals surface area contributed by atoms with Crippen molar-refractivity contribution in [3.05, 3.63) is 131 Å². The highest BCUT2D eigenvalue weighted by molar-refractivity contribution is 7.91. The van der Waals surface area contributed by atoms with E-state index in [1.54, 1.807) is 103 Å². The van der Waals surface area contributed by atoms with Gasteiger partial charge >= 0.3 is 18.2 Å². The number of nitrogens with one attached hydrogen (secondary N) is 5. The van der Waals surface area contributed by atoms with Crippen LogP contribution in [-0.4, -0.2) is 161 Å². The lowest BCUT2D eigenvalue weighted by Crippen LogP contribution is -2.45. The van der Waals surface area contributed by atoms with Gasteiger partial charge in [-0.2, -0.15) is 9.97 Å². The predicted molar refractivity (Wildman–Crippen MR) is 495 cm³/mol. The van der Waals surface area contributed by atoms with Crippen LogP contribution in [0.15, 0.2) is 95.6 Å². The second-order valence-electron chi connectivity index (χ2n) is 28.2. The van der Waals surface area contributed by atoms with Gasteiger partial charge in [0.2, 0.25) is 19.7 Å². The van der Waals surface area contributed by atoms with E-state index in [-0.39, 0.29) is 62.9 Å². The van der Waals surface area contributed by atoms with E-state index in [4.69, 9.17) is 188 Å². The van der Waals surface area contributed by atoms with Gasteiger partial charge in [-0.25, -0.2) is 65.1 Å². The average molecular weight is 1670 g/mol. The summed E-state index contributed by atoms with van der Waals surface area (Å²) in [5, 5.41) is 18.3. The molecule has 4 fully saturated rings. The first-order chi connectivity index (χ1) is 99.1. The second-order valence-corrected chi connectivity index (χ2v) is 32.0. The summed E-state index contributed by atoms with van der Waals surface area (Å²) in [6.45, 7) is 19.3. The molecule has 2 aliphatic carbocycles. The summed E-state index contributed by atoms with van der Waals surface area (Å²) in [7, 11) is -2.63. The van der Waals surface area contributed by atoms with E-state index in [1.165, 1.54) is 53.1 Å². The molecule has 104 heavy (non-hydrogen) atoms. The molecule has 4 aromatic carbocycles. The van der Waals surface area contributed by atoms with E-state index in [2.05, 4.69) is 65.7 Å². The summed E-state index contributed by atoms with van der Waals surface area (Å²) >= 11 is 0. The van der Waals surface area contributed by atoms with E-state index in [0.29, 0.717) is 86.9 Å². The van der Waals surface area contributed by atoms with Crippen molar-refractivity contribution < 1.29 is 212 Å². The van der Waals surface area contributed by atoms with Crippen LogP contribution in [0.1, 0.15) is 250 Å². The number of benzene rings is 4. The third-order valence-corrected chi connectivity index (χ3v) is 21.4. The van der Waals surface area contributed by atoms with Crippen LogP contribution in [0, 0.1) is 51.2 Å². The summed E-state index contributed by atoms with van der Waals surface area (Å²) in [5.41, 5.74) is 8.42. The first kappa shape index (κ1) is 34.2. The van der Waals surface area contributed by atoms with Crippen LogP contribution in [0.25, 0.3) is 43.9 Å². The molecule has 10 aromatic rings. The van der Waals surface area contributed by atoms with Crippen molar-refractivity contribution in [3.8, 4) is 29.0 Å². The largest absolute Gasteiger partial charge is 0.505 e. The molecule has 8 heterocycles. The van der Waals surface area contributed by atoms with Crippen molar-refractivity contribution in [2.75, 3.05) is 56.5 Å². The van der Waals surface area contributed by atoms with E-state index >= 15 is 4.39 Å². The number of carbonyl (C=O) groups excluding carboxylic acids is 2. The Bertz CT molecular complexity index is 5260. The maximum atomic E-state index is 15.6. The number of aryl methyl sites for hydroxylation is 4. The van der Waals surface area contributed by atoms with Crippen LogP contribution in [0.4, 0.5) is 35.6 Å². The molecule has 0 radical (unpaired) electrons. The number of hydrogen-bond donors (Lipinski definition) is 7. The van der Waals surface area contributed by atoms with Gasteiger partial charge in [0.15, 0.2) is 16.5 Å². The third kappa shape index (κ3) is 16.7. The predicted octanol–water partition coefficient (Wildman–Crippen LogP) is 23.4. The number of alkyl carbamates (subject to hydrolysis) is 1. The number of nitrogens with two attached hydrogens (primary N) is 1. The van der Waals surface area contributed by atoms with Crippen LogP contribution >= 0.6 is 0 Å². The summed E-state index contributed by atoms with van der Waals surface area (Å²) in [6, 6.07) is 16.8. The van der Waals surface area contributed by atoms with Crippen LogP contribution in [0.5, 0.6) is 29.0 Å². The van der Waals surface area contributed by atoms with Gasteiger partial charge < -0.3 is 65.3 Å². The van der Waals surface area contributed by atoms with Crippen molar-refractivity contribution in [3.63, 3.8) is 0 Å². The Labute approximate surface area is 754 Å². The number of sulfone groups is 2. The molecule has 6 atom stereocenters. The Kier molecular flexibility index (Phi) is 9.82. The lowest BCUT2D eigenvalue weighted by Gasteiger charge is -2.31. The number of hydrogen-bond acceptors (Lipinski definition) is 24. The number of rotatable bonds is 14. The number of aromatic nitrogens is 10. The molecular formula is C72H186F2N16O12S2. The van der Waals surface area contributed by atoms with Crippen molar-refractivity contribution >= 4 is 92.9 Å². The molecule has 4 aliphatic rings. The number of halogens is 2. The van der Waals surface area contributed by atoms with Gasteiger partial charge in [-0.05, 0) is 159 Å². The number of methoxy groups -OCH3 is 2. The topological polar surface area (TPSA) is 372 Å². The van der Waals surface area contributed by atoms with Gasteiger partial charge in [0.25, 0.3) is 5.16 Å². The number of fused-ring (bicyclic) bond motifs is 10. The van der Waals surface area contributed by atoms with Gasteiger partial charge in [-0.3, -0.25) is 4.90 Å². The molecule has 0 unspecified atom stereocenters. The van der Waals surface area contributed by atoms with E-state index < -0.39 is 64.5 Å². The fraction of sp³-hybridized carbons (Fsp3) is 0.417. The Hall–Kier alpha value is -10.2. The summed E-state index contributed by atoms with van der Waals surface area (Å²) in [5.74, 6) is 2.54. The van der Waals surface area contributed by atoms with Gasteiger partial charge in [-0.15, -0.1) is 0 Å². The number of H-pyrrole nitrogens is 2. The van der Waals surface area contributed by atoms with Gasteiger partial charge in [0.1, 0.15) is 63.1 Å². The van der Waals surface area contributed by atoms with Crippen LogP contribution in [0.3, 0.4) is 0 Å². The minimum absolute atomic E-state index is 0.0153. The molecule has 32 heteroatoms. The molecule has 2 saturated heterocycles. The molecule has 4 bridgehead atoms. The standard InChI is InChI=1S/C33H35FN4O8S2.C23H25FN8O.C11H20N2O2.C5H6N2O.50H2/c1-19-24(34)16-25(38(5)32(39)46-33(2,3)4)28-26(19)27-29(35-28)36-31(48(42,43)18-21-10-14-23(45-7)15-11-21)37-30(27)47(40,41)17-20-8-12-22(44-6)13-9-20;1-10-15(24)6-17(26-3)20-18(10)19-21(29-20)30-23(33-14-7-27-11(2)28-8-14)31-22(19)32-9-12-4-13(32)5-16(12)25;1-11(2,3)15-10(14)13-9-5-8-4-7(9)6-12-8;1-4-6-2-5(8)3-7-4;;;;;;;;;;;;;;;;;;;;;;;;;;;;;;;;;;;;;;;;;;;;;;;;;;/h8-16H,17-18H2,1-7H3,(H,35,36,37);6-8,12-13,16,26H,4-5,9,25H2,1-3H3,(H,29,30,31);7-9,12H,4-6H2,1-3H3,(H,13,14);2-3,8H,1H3;50*1H/t;12-,13-,16-;7-,8-,9-;;;;;;;;;;;;;;;;;;;;;;;;;;;;;;;;;;;;;;;;;;;;;;;;;;;/m.11.................................................../s1/i;;;;50*1+1D. The van der Waals surface area contributed by atoms with Crippen LogP contribution < -0.4 is 45.7 Å². The fourth-order valence-electron chi connectivity index (χ4n) is 13.3. The lowest BCUT2D eigenvalue weighted by atomic mass is 10.0. The molecule has 652 valence electrons. The van der Waals surface area contributed by atoms with Crippen LogP contribution in [-0.2, 0) is 40.7 Å². The van der Waals surface area contributed by atoms with E-state index in [1.807, 2.05) is 27.7 Å². The Morgan fingerprint density at radius 2 is 1.26 bits per heavy atom. The number of amides is 2. The zero-order valence-corrected chi connectivity index (χ0v) is 61.9. The quantitative estimate of drug-likeness (QED) is 0.0393. The molecule has 6 aromatic heterocycles. The van der Waals surface area contributed by atoms with E-state index in [0.717, 1.165) is 65.4 Å². The first-order valence-corrected chi connectivity index (χ1v) is 37.0. The minimum Gasteiger partial charge on any atom is -0.505 e. The van der Waals surface area contributed by atoms with Gasteiger partial charge in [0.05, 0.1) is 83.7 Å². The number of carbonyl (C=O) groups is 2. The lowest BCUT2D eigenvalue weighted by molar-refractivity contribution is 0.0488. The van der Waals surface area contributed by atoms with E-state index in [9.17, 15) is 30.8 Å². The molecule has 2 saturated carbocycles. The highest BCUT2D eigenvalue weighted by atomic mass is 32.2. The normalized spacial score (nSPS) is 22.1. The zero-order valence-electron chi connectivity index (χ0n) is 160. The third-order valence-electron chi connectivity index (χ3n) is 18.3. The number of aromatic amines is 2. The fourth-order valence-corrected chi connectivity index (χ4v) is 16.0. The highest BCUT2D eigenvalue weighted by Crippen LogP contribution is 2.46. The Balaban J connectivity index is -0.0000000401. The smallest absolute Gasteiger partial charge is 0.414 e. The average Bonchev–Trinajstić information content (AvgIpc) is 1.57. The Morgan fingerprint density at radius 3 is 1.78 bits per heavy atom. The first-order valence-electron chi connectivity index (χ1n) is 83.7. The molecule has 28 nitrogen and oxygen atoms in total. The van der Waals surface area contributed by atoms with Crippen molar-refractivity contribution in [1.82, 2.24) is 60.5 Å². The minimum atomic E-state index is -4.41.